The van der Waals surface area contributed by atoms with Crippen LogP contribution in [0.3, 0.4) is 0 Å². The third kappa shape index (κ3) is 5.50. The Kier molecular flexibility index (Phi) is 6.47. The molecule has 1 amide bonds. The molecular formula is C22H23BrFN3O2. The largest absolute Gasteiger partial charge is 0.345 e. The van der Waals surface area contributed by atoms with Gasteiger partial charge in [-0.05, 0) is 17.7 Å². The first-order valence-corrected chi connectivity index (χ1v) is 10.2. The molecule has 0 bridgehead atoms. The van der Waals surface area contributed by atoms with Crippen molar-refractivity contribution in [3.63, 3.8) is 0 Å². The first-order valence-electron chi connectivity index (χ1n) is 9.36. The van der Waals surface area contributed by atoms with Crippen molar-refractivity contribution in [2.75, 3.05) is 0 Å². The summed E-state index contributed by atoms with van der Waals surface area (Å²) < 4.78 is 20.5. The average molecular weight is 460 g/mol. The summed E-state index contributed by atoms with van der Waals surface area (Å²) in [4.78, 5) is 17.0. The fourth-order valence-corrected chi connectivity index (χ4v) is 3.17. The Balaban J connectivity index is 1.74. The van der Waals surface area contributed by atoms with Gasteiger partial charge in [0.25, 0.3) is 0 Å². The lowest BCUT2D eigenvalue weighted by molar-refractivity contribution is -0.121. The fourth-order valence-electron chi connectivity index (χ4n) is 2.84. The van der Waals surface area contributed by atoms with Gasteiger partial charge < -0.3 is 9.84 Å². The quantitative estimate of drug-likeness (QED) is 0.556. The predicted molar refractivity (Wildman–Crippen MR) is 112 cm³/mol. The Hall–Kier alpha value is -2.54. The van der Waals surface area contributed by atoms with Crippen LogP contribution >= 0.6 is 15.9 Å². The van der Waals surface area contributed by atoms with Gasteiger partial charge in [0.2, 0.25) is 11.8 Å². The van der Waals surface area contributed by atoms with Crippen molar-refractivity contribution in [2.45, 2.75) is 45.1 Å². The van der Waals surface area contributed by atoms with Crippen molar-refractivity contribution in [1.29, 1.82) is 0 Å². The summed E-state index contributed by atoms with van der Waals surface area (Å²) in [6.45, 7) is 5.97. The lowest BCUT2D eigenvalue weighted by Gasteiger charge is -2.20. The highest BCUT2D eigenvalue weighted by Gasteiger charge is 2.23. The first-order chi connectivity index (χ1) is 13.7. The average Bonchev–Trinajstić information content (AvgIpc) is 3.15. The Morgan fingerprint density at radius 3 is 2.55 bits per heavy atom. The van der Waals surface area contributed by atoms with Gasteiger partial charge in [-0.2, -0.15) is 4.98 Å². The molecule has 1 atom stereocenters. The summed E-state index contributed by atoms with van der Waals surface area (Å²) in [5.74, 6) is 0.403. The molecule has 1 N–H and O–H groups in total. The van der Waals surface area contributed by atoms with E-state index in [0.717, 1.165) is 5.56 Å². The summed E-state index contributed by atoms with van der Waals surface area (Å²) in [6.07, 6.45) is 0.479. The van der Waals surface area contributed by atoms with E-state index in [4.69, 9.17) is 4.52 Å². The molecule has 0 saturated carbocycles. The van der Waals surface area contributed by atoms with E-state index < -0.39 is 6.04 Å². The SMILES string of the molecule is CC(C)(C)c1noc(CCC(=O)NC(c2ccccc2)c2ccc(Br)cc2F)n1. The topological polar surface area (TPSA) is 68.0 Å². The zero-order valence-corrected chi connectivity index (χ0v) is 18.2. The number of amides is 1. The van der Waals surface area contributed by atoms with Crippen molar-refractivity contribution < 1.29 is 13.7 Å². The zero-order chi connectivity index (χ0) is 21.0. The predicted octanol–water partition coefficient (Wildman–Crippen LogP) is 5.11. The number of carbonyl (C=O) groups is 1. The molecule has 2 aromatic carbocycles. The number of rotatable bonds is 6. The first kappa shape index (κ1) is 21.2. The van der Waals surface area contributed by atoms with Crippen LogP contribution in [-0.2, 0) is 16.6 Å². The molecule has 7 heteroatoms. The van der Waals surface area contributed by atoms with E-state index in [1.165, 1.54) is 6.07 Å². The van der Waals surface area contributed by atoms with Gasteiger partial charge in [0.15, 0.2) is 5.82 Å². The van der Waals surface area contributed by atoms with E-state index >= 15 is 0 Å². The summed E-state index contributed by atoms with van der Waals surface area (Å²) in [6, 6.07) is 13.5. The minimum atomic E-state index is -0.593. The molecule has 1 unspecified atom stereocenters. The van der Waals surface area contributed by atoms with E-state index in [2.05, 4.69) is 31.4 Å². The third-order valence-electron chi connectivity index (χ3n) is 4.42. The van der Waals surface area contributed by atoms with Crippen molar-refractivity contribution in [1.82, 2.24) is 15.5 Å². The van der Waals surface area contributed by atoms with Gasteiger partial charge in [-0.3, -0.25) is 4.79 Å². The number of benzene rings is 2. The molecule has 0 radical (unpaired) electrons. The van der Waals surface area contributed by atoms with Crippen LogP contribution in [0.25, 0.3) is 0 Å². The Labute approximate surface area is 177 Å². The van der Waals surface area contributed by atoms with Gasteiger partial charge in [0.05, 0.1) is 6.04 Å². The van der Waals surface area contributed by atoms with Crippen molar-refractivity contribution in [3.05, 3.63) is 81.7 Å². The lowest BCUT2D eigenvalue weighted by Crippen LogP contribution is -2.30. The Morgan fingerprint density at radius 1 is 1.21 bits per heavy atom. The Morgan fingerprint density at radius 2 is 1.93 bits per heavy atom. The highest BCUT2D eigenvalue weighted by Crippen LogP contribution is 2.27. The number of aromatic nitrogens is 2. The molecule has 29 heavy (non-hydrogen) atoms. The maximum atomic E-state index is 14.6. The van der Waals surface area contributed by atoms with E-state index in [1.807, 2.05) is 51.1 Å². The van der Waals surface area contributed by atoms with E-state index in [1.54, 1.807) is 12.1 Å². The summed E-state index contributed by atoms with van der Waals surface area (Å²) in [7, 11) is 0. The number of aryl methyl sites for hydroxylation is 1. The monoisotopic (exact) mass is 459 g/mol. The third-order valence-corrected chi connectivity index (χ3v) is 4.91. The second-order valence-electron chi connectivity index (χ2n) is 7.84. The number of nitrogens with zero attached hydrogens (tertiary/aromatic N) is 2. The molecular weight excluding hydrogens is 437 g/mol. The minimum Gasteiger partial charge on any atom is -0.345 e. The van der Waals surface area contributed by atoms with Gasteiger partial charge in [-0.25, -0.2) is 4.39 Å². The molecule has 0 aliphatic heterocycles. The van der Waals surface area contributed by atoms with E-state index in [9.17, 15) is 9.18 Å². The number of carbonyl (C=O) groups excluding carboxylic acids is 1. The van der Waals surface area contributed by atoms with Crippen LogP contribution in [0.15, 0.2) is 57.5 Å². The minimum absolute atomic E-state index is 0.160. The molecule has 0 saturated heterocycles. The molecule has 0 fully saturated rings. The molecule has 1 heterocycles. The van der Waals surface area contributed by atoms with Crippen molar-refractivity contribution in [3.8, 4) is 0 Å². The maximum Gasteiger partial charge on any atom is 0.227 e. The smallest absolute Gasteiger partial charge is 0.227 e. The molecule has 0 spiro atoms. The maximum absolute atomic E-state index is 14.6. The van der Waals surface area contributed by atoms with Crippen LogP contribution < -0.4 is 5.32 Å². The number of hydrogen-bond donors (Lipinski definition) is 1. The summed E-state index contributed by atoms with van der Waals surface area (Å²) >= 11 is 3.27. The Bertz CT molecular complexity index is 983. The van der Waals surface area contributed by atoms with Gasteiger partial charge in [0.1, 0.15) is 5.82 Å². The fraction of sp³-hybridized carbons (Fsp3) is 0.318. The van der Waals surface area contributed by atoms with Crippen molar-refractivity contribution in [2.24, 2.45) is 0 Å². The van der Waals surface area contributed by atoms with Crippen LogP contribution in [-0.4, -0.2) is 16.0 Å². The van der Waals surface area contributed by atoms with Crippen LogP contribution in [0.2, 0.25) is 0 Å². The van der Waals surface area contributed by atoms with Crippen LogP contribution in [0.1, 0.15) is 56.1 Å². The molecule has 1 aromatic heterocycles. The van der Waals surface area contributed by atoms with E-state index in [-0.39, 0.29) is 23.6 Å². The zero-order valence-electron chi connectivity index (χ0n) is 16.6. The second-order valence-corrected chi connectivity index (χ2v) is 8.75. The summed E-state index contributed by atoms with van der Waals surface area (Å²) in [5.41, 5.74) is 0.983. The van der Waals surface area contributed by atoms with Crippen LogP contribution in [0.5, 0.6) is 0 Å². The van der Waals surface area contributed by atoms with Crippen LogP contribution in [0, 0.1) is 5.82 Å². The number of halogens is 2. The molecule has 0 aliphatic rings. The lowest BCUT2D eigenvalue weighted by atomic mass is 9.96. The molecule has 0 aliphatic carbocycles. The molecule has 152 valence electrons. The number of hydrogen-bond acceptors (Lipinski definition) is 4. The highest BCUT2D eigenvalue weighted by molar-refractivity contribution is 9.10. The second kappa shape index (κ2) is 8.86. The van der Waals surface area contributed by atoms with Gasteiger partial charge in [-0.15, -0.1) is 0 Å². The highest BCUT2D eigenvalue weighted by atomic mass is 79.9. The van der Waals surface area contributed by atoms with Gasteiger partial charge in [0, 0.05) is 28.3 Å². The normalized spacial score (nSPS) is 12.6. The standard InChI is InChI=1S/C22H23BrFN3O2/c1-22(2,3)21-26-19(29-27-21)12-11-18(28)25-20(14-7-5-4-6-8-14)16-10-9-15(23)13-17(16)24/h4-10,13,20H,11-12H2,1-3H3,(H,25,28). The van der Waals surface area contributed by atoms with Gasteiger partial charge >= 0.3 is 0 Å². The van der Waals surface area contributed by atoms with E-state index in [0.29, 0.717) is 28.2 Å². The van der Waals surface area contributed by atoms with Gasteiger partial charge in [-0.1, -0.05) is 78.3 Å². The molecule has 3 rings (SSSR count). The number of nitrogens with one attached hydrogen (secondary N) is 1. The van der Waals surface area contributed by atoms with Crippen molar-refractivity contribution >= 4 is 21.8 Å². The summed E-state index contributed by atoms with van der Waals surface area (Å²) in [5, 5.41) is 6.90. The molecule has 5 nitrogen and oxygen atoms in total. The van der Waals surface area contributed by atoms with Crippen LogP contribution in [0.4, 0.5) is 4.39 Å². The molecule has 3 aromatic rings.